The maximum atomic E-state index is 13.6. The van der Waals surface area contributed by atoms with Gasteiger partial charge in [0.15, 0.2) is 5.17 Å². The molecule has 1 saturated heterocycles. The smallest absolute Gasteiger partial charge is 0.242 e. The number of halogens is 2. The van der Waals surface area contributed by atoms with Crippen LogP contribution in [0.4, 0.5) is 15.8 Å². The van der Waals surface area contributed by atoms with Crippen molar-refractivity contribution in [2.45, 2.75) is 11.7 Å². The highest BCUT2D eigenvalue weighted by atomic mass is 127. The van der Waals surface area contributed by atoms with Gasteiger partial charge in [0.2, 0.25) is 11.8 Å². The Morgan fingerprint density at radius 3 is 2.65 bits per heavy atom. The molecule has 0 spiro atoms. The van der Waals surface area contributed by atoms with Gasteiger partial charge in [0.05, 0.1) is 11.4 Å². The molecule has 2 aromatic rings. The number of nitrogens with zero attached hydrogens (tertiary/aromatic N) is 2. The molecule has 2 aromatic carbocycles. The minimum atomic E-state index is -0.575. The Morgan fingerprint density at radius 1 is 1.27 bits per heavy atom. The van der Waals surface area contributed by atoms with Gasteiger partial charge < -0.3 is 5.32 Å². The third kappa shape index (κ3) is 4.42. The van der Waals surface area contributed by atoms with Crippen molar-refractivity contribution in [1.82, 2.24) is 4.90 Å². The second kappa shape index (κ2) is 8.17. The van der Waals surface area contributed by atoms with Crippen LogP contribution in [0.25, 0.3) is 0 Å². The first-order valence-corrected chi connectivity index (χ1v) is 9.73. The molecule has 2 amide bonds. The fourth-order valence-corrected chi connectivity index (χ4v) is 3.87. The van der Waals surface area contributed by atoms with E-state index in [1.54, 1.807) is 19.2 Å². The van der Waals surface area contributed by atoms with Crippen LogP contribution < -0.4 is 5.32 Å². The van der Waals surface area contributed by atoms with Crippen LogP contribution in [0.15, 0.2) is 53.5 Å². The summed E-state index contributed by atoms with van der Waals surface area (Å²) in [6.45, 7) is 0. The van der Waals surface area contributed by atoms with Crippen molar-refractivity contribution in [1.29, 1.82) is 0 Å². The number of hydrogen-bond acceptors (Lipinski definition) is 4. The summed E-state index contributed by atoms with van der Waals surface area (Å²) in [7, 11) is 1.63. The first kappa shape index (κ1) is 18.8. The van der Waals surface area contributed by atoms with Crippen LogP contribution in [0.3, 0.4) is 0 Å². The van der Waals surface area contributed by atoms with Gasteiger partial charge >= 0.3 is 0 Å². The molecular weight excluding hydrogens is 468 g/mol. The summed E-state index contributed by atoms with van der Waals surface area (Å²) >= 11 is 3.45. The van der Waals surface area contributed by atoms with Crippen molar-refractivity contribution in [3.05, 3.63) is 57.9 Å². The summed E-state index contributed by atoms with van der Waals surface area (Å²) in [5, 5.41) is 2.47. The van der Waals surface area contributed by atoms with Crippen LogP contribution in [-0.4, -0.2) is 34.2 Å². The lowest BCUT2D eigenvalue weighted by Crippen LogP contribution is -2.30. The van der Waals surface area contributed by atoms with Gasteiger partial charge in [-0.05, 0) is 59.0 Å². The van der Waals surface area contributed by atoms with E-state index in [0.29, 0.717) is 5.17 Å². The first-order valence-electron chi connectivity index (χ1n) is 7.77. The molecule has 1 N–H and O–H groups in total. The van der Waals surface area contributed by atoms with Crippen LogP contribution in [0.1, 0.15) is 6.42 Å². The highest BCUT2D eigenvalue weighted by Crippen LogP contribution is 2.31. The van der Waals surface area contributed by atoms with E-state index >= 15 is 0 Å². The summed E-state index contributed by atoms with van der Waals surface area (Å²) in [4.78, 5) is 30.5. The number of anilines is 1. The summed E-state index contributed by atoms with van der Waals surface area (Å²) in [5.74, 6) is -1.11. The predicted octanol–water partition coefficient (Wildman–Crippen LogP) is 4.02. The van der Waals surface area contributed by atoms with Crippen molar-refractivity contribution >= 4 is 62.7 Å². The monoisotopic (exact) mass is 483 g/mol. The van der Waals surface area contributed by atoms with Gasteiger partial charge in [-0.25, -0.2) is 9.38 Å². The number of carbonyl (C=O) groups is 2. The standard InChI is InChI=1S/C18H15FIN3O2S/c1-23-17(25)15(10-16(24)22-14-5-3-2-4-13(14)19)26-18(23)21-12-8-6-11(20)7-9-12/h2-9,15H,10H2,1H3,(H,22,24)/t15-/m1/s1. The number of amidine groups is 1. The van der Waals surface area contributed by atoms with Crippen LogP contribution in [-0.2, 0) is 9.59 Å². The highest BCUT2D eigenvalue weighted by Gasteiger charge is 2.37. The van der Waals surface area contributed by atoms with E-state index in [9.17, 15) is 14.0 Å². The Morgan fingerprint density at radius 2 is 1.96 bits per heavy atom. The Balaban J connectivity index is 1.67. The molecule has 5 nitrogen and oxygen atoms in total. The Kier molecular flexibility index (Phi) is 5.92. The quantitative estimate of drug-likeness (QED) is 0.669. The predicted molar refractivity (Wildman–Crippen MR) is 110 cm³/mol. The Bertz CT molecular complexity index is 873. The zero-order valence-corrected chi connectivity index (χ0v) is 16.8. The van der Waals surface area contributed by atoms with E-state index in [0.717, 1.165) is 9.26 Å². The van der Waals surface area contributed by atoms with Crippen LogP contribution in [0.5, 0.6) is 0 Å². The van der Waals surface area contributed by atoms with Gasteiger partial charge in [-0.2, -0.15) is 0 Å². The molecule has 0 aliphatic carbocycles. The van der Waals surface area contributed by atoms with Crippen molar-refractivity contribution in [2.24, 2.45) is 4.99 Å². The Labute approximate surface area is 168 Å². The molecule has 0 radical (unpaired) electrons. The number of aliphatic imine (C=N–C) groups is 1. The lowest BCUT2D eigenvalue weighted by molar-refractivity contribution is -0.127. The molecule has 1 aliphatic heterocycles. The van der Waals surface area contributed by atoms with Gasteiger partial charge in [-0.1, -0.05) is 23.9 Å². The van der Waals surface area contributed by atoms with Crippen LogP contribution in [0, 0.1) is 9.39 Å². The third-order valence-corrected chi connectivity index (χ3v) is 5.66. The van der Waals surface area contributed by atoms with E-state index in [4.69, 9.17) is 0 Å². The lowest BCUT2D eigenvalue weighted by Gasteiger charge is -2.09. The number of rotatable bonds is 4. The molecule has 134 valence electrons. The number of nitrogens with one attached hydrogen (secondary N) is 1. The summed E-state index contributed by atoms with van der Waals surface area (Å²) in [6, 6.07) is 13.5. The normalized spacial score (nSPS) is 18.4. The van der Waals surface area contributed by atoms with Crippen molar-refractivity contribution in [3.63, 3.8) is 0 Å². The van der Waals surface area contributed by atoms with Gasteiger partial charge in [0, 0.05) is 17.0 Å². The van der Waals surface area contributed by atoms with E-state index in [2.05, 4.69) is 32.9 Å². The molecule has 8 heteroatoms. The van der Waals surface area contributed by atoms with Crippen molar-refractivity contribution in [3.8, 4) is 0 Å². The number of carbonyl (C=O) groups excluding carboxylic acids is 2. The third-order valence-electron chi connectivity index (χ3n) is 3.71. The zero-order valence-electron chi connectivity index (χ0n) is 13.8. The molecule has 0 aromatic heterocycles. The molecule has 0 bridgehead atoms. The van der Waals surface area contributed by atoms with Gasteiger partial charge in [0.25, 0.3) is 0 Å². The second-order valence-corrected chi connectivity index (χ2v) is 8.02. The van der Waals surface area contributed by atoms with Crippen molar-refractivity contribution < 1.29 is 14.0 Å². The molecule has 0 unspecified atom stereocenters. The molecule has 1 atom stereocenters. The summed E-state index contributed by atoms with van der Waals surface area (Å²) in [6.07, 6.45) is -0.0477. The van der Waals surface area contributed by atoms with Gasteiger partial charge in [-0.3, -0.25) is 14.5 Å². The van der Waals surface area contributed by atoms with E-state index in [1.165, 1.54) is 28.8 Å². The summed E-state index contributed by atoms with van der Waals surface area (Å²) in [5.41, 5.74) is 0.845. The fourth-order valence-electron chi connectivity index (χ4n) is 2.36. The maximum Gasteiger partial charge on any atom is 0.242 e. The van der Waals surface area contributed by atoms with Gasteiger partial charge in [0.1, 0.15) is 11.1 Å². The first-order chi connectivity index (χ1) is 12.4. The molecule has 26 heavy (non-hydrogen) atoms. The minimum Gasteiger partial charge on any atom is -0.324 e. The largest absolute Gasteiger partial charge is 0.324 e. The number of amides is 2. The van der Waals surface area contributed by atoms with E-state index in [-0.39, 0.29) is 18.0 Å². The maximum absolute atomic E-state index is 13.6. The van der Waals surface area contributed by atoms with E-state index in [1.807, 2.05) is 24.3 Å². The lowest BCUT2D eigenvalue weighted by atomic mass is 10.2. The van der Waals surface area contributed by atoms with Gasteiger partial charge in [-0.15, -0.1) is 0 Å². The molecule has 3 rings (SSSR count). The number of para-hydroxylation sites is 1. The average molecular weight is 483 g/mol. The topological polar surface area (TPSA) is 61.8 Å². The zero-order chi connectivity index (χ0) is 18.7. The Hall–Kier alpha value is -1.94. The van der Waals surface area contributed by atoms with Crippen LogP contribution in [0.2, 0.25) is 0 Å². The van der Waals surface area contributed by atoms with E-state index < -0.39 is 17.0 Å². The fraction of sp³-hybridized carbons (Fsp3) is 0.167. The van der Waals surface area contributed by atoms with Crippen LogP contribution >= 0.6 is 34.4 Å². The summed E-state index contributed by atoms with van der Waals surface area (Å²) < 4.78 is 14.7. The molecular formula is C18H15FIN3O2S. The molecule has 1 fully saturated rings. The molecule has 1 aliphatic rings. The number of hydrogen-bond donors (Lipinski definition) is 1. The molecule has 0 saturated carbocycles. The number of thioether (sulfide) groups is 1. The second-order valence-electron chi connectivity index (χ2n) is 5.61. The number of benzene rings is 2. The highest BCUT2D eigenvalue weighted by molar-refractivity contribution is 14.1. The SMILES string of the molecule is CN1C(=O)[C@@H](CC(=O)Nc2ccccc2F)SC1=Nc1ccc(I)cc1. The van der Waals surface area contributed by atoms with Crippen molar-refractivity contribution in [2.75, 3.05) is 12.4 Å². The average Bonchev–Trinajstić information content (AvgIpc) is 2.87. The molecule has 1 heterocycles. The minimum absolute atomic E-state index is 0.0477.